The van der Waals surface area contributed by atoms with Gasteiger partial charge in [-0.15, -0.1) is 0 Å². The minimum atomic E-state index is -0.189. The van der Waals surface area contributed by atoms with E-state index in [1.54, 1.807) is 6.07 Å². The lowest BCUT2D eigenvalue weighted by atomic mass is 9.95. The molecule has 0 N–H and O–H groups in total. The van der Waals surface area contributed by atoms with Crippen molar-refractivity contribution in [2.75, 3.05) is 0 Å². The number of benzene rings is 2. The van der Waals surface area contributed by atoms with Crippen molar-refractivity contribution in [3.63, 3.8) is 0 Å². The smallest absolute Gasteiger partial charge is 0.123 e. The van der Waals surface area contributed by atoms with Gasteiger partial charge in [0.15, 0.2) is 0 Å². The number of hydrogen-bond acceptors (Lipinski definition) is 0. The first-order valence-corrected chi connectivity index (χ1v) is 7.94. The van der Waals surface area contributed by atoms with E-state index in [0.717, 1.165) is 23.1 Å². The van der Waals surface area contributed by atoms with Gasteiger partial charge in [-0.05, 0) is 53.6 Å². The van der Waals surface area contributed by atoms with E-state index in [1.165, 1.54) is 11.6 Å². The van der Waals surface area contributed by atoms with Gasteiger partial charge in [-0.1, -0.05) is 60.1 Å². The highest BCUT2D eigenvalue weighted by atomic mass is 79.9. The molecule has 0 amide bonds. The van der Waals surface area contributed by atoms with Crippen LogP contribution in [0.2, 0.25) is 0 Å². The standard InChI is InChI=1S/C18H20BrF/c1-4-12(2)14-6-8-15(9-7-14)18(19)17-11-16(20)10-5-13(17)3/h5-12,18H,4H2,1-3H3. The Morgan fingerprint density at radius 1 is 1.05 bits per heavy atom. The molecule has 106 valence electrons. The monoisotopic (exact) mass is 334 g/mol. The largest absolute Gasteiger partial charge is 0.207 e. The first-order chi connectivity index (χ1) is 9.52. The molecule has 2 aromatic rings. The quantitative estimate of drug-likeness (QED) is 0.590. The summed E-state index contributed by atoms with van der Waals surface area (Å²) in [5, 5.41) is 0. The van der Waals surface area contributed by atoms with E-state index in [1.807, 2.05) is 13.0 Å². The average molecular weight is 335 g/mol. The topological polar surface area (TPSA) is 0 Å². The molecular formula is C18H20BrF. The Kier molecular flexibility index (Phi) is 4.98. The predicted octanol–water partition coefficient (Wildman–Crippen LogP) is 6.13. The molecule has 0 saturated heterocycles. The van der Waals surface area contributed by atoms with Crippen LogP contribution in [-0.4, -0.2) is 0 Å². The molecule has 0 aromatic heterocycles. The van der Waals surface area contributed by atoms with Gasteiger partial charge in [0.1, 0.15) is 5.82 Å². The van der Waals surface area contributed by atoms with Gasteiger partial charge in [-0.3, -0.25) is 0 Å². The predicted molar refractivity (Wildman–Crippen MR) is 87.1 cm³/mol. The summed E-state index contributed by atoms with van der Waals surface area (Å²) in [6, 6.07) is 13.5. The Hall–Kier alpha value is -1.15. The van der Waals surface area contributed by atoms with Crippen LogP contribution in [0.3, 0.4) is 0 Å². The SMILES string of the molecule is CCC(C)c1ccc(C(Br)c2cc(F)ccc2C)cc1. The summed E-state index contributed by atoms with van der Waals surface area (Å²) < 4.78 is 13.4. The zero-order valence-corrected chi connectivity index (χ0v) is 13.7. The summed E-state index contributed by atoms with van der Waals surface area (Å²) in [6.07, 6.45) is 1.14. The fraction of sp³-hybridized carbons (Fsp3) is 0.333. The first-order valence-electron chi connectivity index (χ1n) is 7.03. The lowest BCUT2D eigenvalue weighted by Gasteiger charge is -2.15. The van der Waals surface area contributed by atoms with Gasteiger partial charge >= 0.3 is 0 Å². The van der Waals surface area contributed by atoms with Crippen molar-refractivity contribution in [2.24, 2.45) is 0 Å². The Morgan fingerprint density at radius 2 is 1.65 bits per heavy atom. The van der Waals surface area contributed by atoms with Gasteiger partial charge in [-0.2, -0.15) is 0 Å². The first kappa shape index (κ1) is 15.2. The summed E-state index contributed by atoms with van der Waals surface area (Å²) in [5.41, 5.74) is 4.60. The highest BCUT2D eigenvalue weighted by Gasteiger charge is 2.14. The molecule has 0 aliphatic carbocycles. The van der Waals surface area contributed by atoms with Crippen LogP contribution in [0.4, 0.5) is 4.39 Å². The van der Waals surface area contributed by atoms with E-state index >= 15 is 0 Å². The number of hydrogen-bond donors (Lipinski definition) is 0. The molecule has 0 spiro atoms. The third-order valence-electron chi connectivity index (χ3n) is 3.92. The minimum absolute atomic E-state index is 0.0317. The van der Waals surface area contributed by atoms with Gasteiger partial charge in [0, 0.05) is 0 Å². The molecule has 0 bridgehead atoms. The van der Waals surface area contributed by atoms with Crippen LogP contribution >= 0.6 is 15.9 Å². The van der Waals surface area contributed by atoms with Crippen molar-refractivity contribution in [2.45, 2.75) is 37.9 Å². The third kappa shape index (κ3) is 3.29. The molecule has 0 saturated carbocycles. The van der Waals surface area contributed by atoms with Crippen molar-refractivity contribution < 1.29 is 4.39 Å². The molecule has 2 aromatic carbocycles. The number of aryl methyl sites for hydroxylation is 1. The highest BCUT2D eigenvalue weighted by molar-refractivity contribution is 9.09. The van der Waals surface area contributed by atoms with Crippen LogP contribution in [0.1, 0.15) is 53.3 Å². The Morgan fingerprint density at radius 3 is 2.25 bits per heavy atom. The van der Waals surface area contributed by atoms with Crippen LogP contribution in [0.25, 0.3) is 0 Å². The Bertz CT molecular complexity index is 574. The van der Waals surface area contributed by atoms with Gasteiger partial charge < -0.3 is 0 Å². The molecule has 2 atom stereocenters. The molecule has 0 aliphatic heterocycles. The second kappa shape index (κ2) is 6.53. The van der Waals surface area contributed by atoms with Crippen molar-refractivity contribution in [3.8, 4) is 0 Å². The number of rotatable bonds is 4. The van der Waals surface area contributed by atoms with Crippen molar-refractivity contribution in [1.82, 2.24) is 0 Å². The van der Waals surface area contributed by atoms with E-state index in [4.69, 9.17) is 0 Å². The molecule has 20 heavy (non-hydrogen) atoms. The number of alkyl halides is 1. The molecule has 2 unspecified atom stereocenters. The van der Waals surface area contributed by atoms with Crippen molar-refractivity contribution >= 4 is 15.9 Å². The maximum Gasteiger partial charge on any atom is 0.123 e. The summed E-state index contributed by atoms with van der Waals surface area (Å²) in [7, 11) is 0. The fourth-order valence-electron chi connectivity index (χ4n) is 2.29. The zero-order valence-electron chi connectivity index (χ0n) is 12.2. The van der Waals surface area contributed by atoms with Crippen LogP contribution < -0.4 is 0 Å². The molecule has 0 heterocycles. The summed E-state index contributed by atoms with van der Waals surface area (Å²) >= 11 is 3.69. The lowest BCUT2D eigenvalue weighted by Crippen LogP contribution is -1.98. The molecule has 2 rings (SSSR count). The van der Waals surface area contributed by atoms with Crippen LogP contribution in [0, 0.1) is 12.7 Å². The summed E-state index contributed by atoms with van der Waals surface area (Å²) in [5.74, 6) is 0.389. The van der Waals surface area contributed by atoms with E-state index in [9.17, 15) is 4.39 Å². The van der Waals surface area contributed by atoms with E-state index in [-0.39, 0.29) is 10.6 Å². The molecule has 0 aliphatic rings. The maximum absolute atomic E-state index is 13.4. The Labute approximate surface area is 129 Å². The third-order valence-corrected chi connectivity index (χ3v) is 4.95. The van der Waals surface area contributed by atoms with Crippen molar-refractivity contribution in [3.05, 3.63) is 70.5 Å². The van der Waals surface area contributed by atoms with Gasteiger partial charge in [0.2, 0.25) is 0 Å². The second-order valence-corrected chi connectivity index (χ2v) is 6.26. The zero-order chi connectivity index (χ0) is 14.7. The van der Waals surface area contributed by atoms with Gasteiger partial charge in [0.25, 0.3) is 0 Å². The van der Waals surface area contributed by atoms with Crippen LogP contribution in [0.15, 0.2) is 42.5 Å². The molecule has 2 heteroatoms. The molecule has 0 nitrogen and oxygen atoms in total. The second-order valence-electron chi connectivity index (χ2n) is 5.34. The summed E-state index contributed by atoms with van der Waals surface area (Å²) in [4.78, 5) is 0.0317. The van der Waals surface area contributed by atoms with E-state index < -0.39 is 0 Å². The average Bonchev–Trinajstić information content (AvgIpc) is 2.48. The van der Waals surface area contributed by atoms with Crippen LogP contribution in [0.5, 0.6) is 0 Å². The van der Waals surface area contributed by atoms with Crippen molar-refractivity contribution in [1.29, 1.82) is 0 Å². The molecule has 0 radical (unpaired) electrons. The fourth-order valence-corrected chi connectivity index (χ4v) is 3.09. The lowest BCUT2D eigenvalue weighted by molar-refractivity contribution is 0.625. The highest BCUT2D eigenvalue weighted by Crippen LogP contribution is 2.34. The normalized spacial score (nSPS) is 14.1. The van der Waals surface area contributed by atoms with Gasteiger partial charge in [-0.25, -0.2) is 4.39 Å². The Balaban J connectivity index is 2.29. The maximum atomic E-state index is 13.4. The van der Waals surface area contributed by atoms with Gasteiger partial charge in [0.05, 0.1) is 4.83 Å². The van der Waals surface area contributed by atoms with E-state index in [2.05, 4.69) is 54.0 Å². The van der Waals surface area contributed by atoms with Crippen LogP contribution in [-0.2, 0) is 0 Å². The molecule has 0 fully saturated rings. The molecular weight excluding hydrogens is 315 g/mol. The summed E-state index contributed by atoms with van der Waals surface area (Å²) in [6.45, 7) is 6.44. The number of halogens is 2. The van der Waals surface area contributed by atoms with E-state index in [0.29, 0.717) is 5.92 Å². The minimum Gasteiger partial charge on any atom is -0.207 e.